The molecule has 32 heavy (non-hydrogen) atoms. The first-order valence-corrected chi connectivity index (χ1v) is 12.3. The van der Waals surface area contributed by atoms with Crippen LogP contribution in [0.4, 0.5) is 4.79 Å². The summed E-state index contributed by atoms with van der Waals surface area (Å²) < 4.78 is 10.5. The van der Waals surface area contributed by atoms with Crippen molar-refractivity contribution in [3.05, 3.63) is 34.2 Å². The molecular formula is C25H29NO5S. The number of benzene rings is 1. The lowest BCUT2D eigenvalue weighted by molar-refractivity contribution is -0.145. The maximum Gasteiger partial charge on any atom is 0.326 e. The van der Waals surface area contributed by atoms with E-state index in [9.17, 15) is 14.4 Å². The first kappa shape index (κ1) is 21.6. The lowest BCUT2D eigenvalue weighted by Gasteiger charge is -2.57. The first-order valence-electron chi connectivity index (χ1n) is 11.5. The van der Waals surface area contributed by atoms with Crippen LogP contribution in [0.25, 0.3) is 6.08 Å². The molecule has 1 aliphatic heterocycles. The van der Waals surface area contributed by atoms with Gasteiger partial charge in [0.1, 0.15) is 12.3 Å². The number of hydrogen-bond acceptors (Lipinski definition) is 6. The van der Waals surface area contributed by atoms with Gasteiger partial charge in [-0.05, 0) is 104 Å². The molecule has 1 heterocycles. The van der Waals surface area contributed by atoms with Crippen LogP contribution >= 0.6 is 11.8 Å². The fourth-order valence-electron chi connectivity index (χ4n) is 6.75. The van der Waals surface area contributed by atoms with Crippen molar-refractivity contribution in [2.45, 2.75) is 50.9 Å². The molecule has 1 saturated heterocycles. The van der Waals surface area contributed by atoms with E-state index in [1.165, 1.54) is 44.1 Å². The van der Waals surface area contributed by atoms with E-state index in [1.807, 2.05) is 6.07 Å². The van der Waals surface area contributed by atoms with Gasteiger partial charge < -0.3 is 9.47 Å². The lowest BCUT2D eigenvalue weighted by atomic mass is 9.48. The molecule has 0 aromatic heterocycles. The molecule has 7 heteroatoms. The third kappa shape index (κ3) is 3.74. The Kier molecular flexibility index (Phi) is 5.56. The number of carbonyl (C=O) groups excluding carboxylic acids is 3. The minimum atomic E-state index is -0.586. The van der Waals surface area contributed by atoms with E-state index < -0.39 is 17.1 Å². The highest BCUT2D eigenvalue weighted by atomic mass is 32.2. The van der Waals surface area contributed by atoms with Crippen LogP contribution in [-0.2, 0) is 19.7 Å². The summed E-state index contributed by atoms with van der Waals surface area (Å²) in [5.74, 6) is 2.15. The fourth-order valence-corrected chi connectivity index (χ4v) is 7.58. The van der Waals surface area contributed by atoms with Crippen LogP contribution in [-0.4, -0.2) is 42.3 Å². The monoisotopic (exact) mass is 455 g/mol. The van der Waals surface area contributed by atoms with Crippen LogP contribution in [0, 0.1) is 17.8 Å². The topological polar surface area (TPSA) is 72.9 Å². The van der Waals surface area contributed by atoms with E-state index in [1.54, 1.807) is 20.1 Å². The number of methoxy groups -OCH3 is 1. The van der Waals surface area contributed by atoms with E-state index in [-0.39, 0.29) is 18.6 Å². The zero-order chi connectivity index (χ0) is 22.5. The van der Waals surface area contributed by atoms with Crippen LogP contribution in [0.15, 0.2) is 23.1 Å². The number of thioether (sulfide) groups is 1. The zero-order valence-electron chi connectivity index (χ0n) is 18.6. The van der Waals surface area contributed by atoms with Crippen LogP contribution in [0.3, 0.4) is 0 Å². The van der Waals surface area contributed by atoms with Crippen molar-refractivity contribution in [1.82, 2.24) is 4.90 Å². The third-order valence-electron chi connectivity index (χ3n) is 7.63. The molecule has 0 radical (unpaired) electrons. The number of rotatable bonds is 6. The van der Waals surface area contributed by atoms with Crippen LogP contribution in [0.5, 0.6) is 5.75 Å². The molecule has 5 aliphatic rings. The van der Waals surface area contributed by atoms with E-state index in [2.05, 4.69) is 12.1 Å². The summed E-state index contributed by atoms with van der Waals surface area (Å²) in [5.41, 5.74) is 2.36. The van der Waals surface area contributed by atoms with Crippen molar-refractivity contribution in [2.24, 2.45) is 17.8 Å². The molecule has 0 atom stereocenters. The number of ether oxygens (including phenoxy) is 2. The molecule has 4 aliphatic carbocycles. The maximum atomic E-state index is 12.8. The van der Waals surface area contributed by atoms with Gasteiger partial charge in [0, 0.05) is 5.56 Å². The van der Waals surface area contributed by atoms with Gasteiger partial charge in [0.25, 0.3) is 11.1 Å². The number of hydrogen-bond donors (Lipinski definition) is 0. The second-order valence-corrected chi connectivity index (χ2v) is 10.7. The van der Waals surface area contributed by atoms with Gasteiger partial charge in [0.05, 0.1) is 18.6 Å². The molecular weight excluding hydrogens is 426 g/mol. The van der Waals surface area contributed by atoms with Crippen molar-refractivity contribution in [1.29, 1.82) is 0 Å². The Morgan fingerprint density at radius 3 is 2.41 bits per heavy atom. The zero-order valence-corrected chi connectivity index (χ0v) is 19.4. The molecule has 0 unspecified atom stereocenters. The fraction of sp³-hybridized carbons (Fsp3) is 0.560. The molecule has 6 rings (SSSR count). The summed E-state index contributed by atoms with van der Waals surface area (Å²) in [4.78, 5) is 38.2. The summed E-state index contributed by atoms with van der Waals surface area (Å²) in [6.07, 6.45) is 9.64. The third-order valence-corrected chi connectivity index (χ3v) is 8.54. The van der Waals surface area contributed by atoms with Crippen molar-refractivity contribution >= 4 is 35.0 Å². The minimum Gasteiger partial charge on any atom is -0.496 e. The number of nitrogens with zero attached hydrogens (tertiary/aromatic N) is 1. The highest BCUT2D eigenvalue weighted by Crippen LogP contribution is 2.61. The van der Waals surface area contributed by atoms with Gasteiger partial charge in [-0.3, -0.25) is 19.3 Å². The van der Waals surface area contributed by atoms with Gasteiger partial charge in [-0.2, -0.15) is 0 Å². The van der Waals surface area contributed by atoms with Gasteiger partial charge >= 0.3 is 5.97 Å². The summed E-state index contributed by atoms with van der Waals surface area (Å²) in [5, 5.41) is -0.453. The summed E-state index contributed by atoms with van der Waals surface area (Å²) in [6.45, 7) is 1.54. The molecule has 0 spiro atoms. The molecule has 170 valence electrons. The van der Waals surface area contributed by atoms with E-state index in [4.69, 9.17) is 9.47 Å². The number of amides is 2. The van der Waals surface area contributed by atoms with Crippen molar-refractivity contribution in [3.63, 3.8) is 0 Å². The Hall–Kier alpha value is -2.28. The highest BCUT2D eigenvalue weighted by Gasteiger charge is 2.51. The van der Waals surface area contributed by atoms with E-state index in [0.29, 0.717) is 10.7 Å². The predicted molar refractivity (Wildman–Crippen MR) is 122 cm³/mol. The SMILES string of the molecule is CCOC(=O)CN1C(=O)S/C(=C/c2cc(C34CC5CC(CC(C5)C3)C4)ccc2OC)C1=O. The van der Waals surface area contributed by atoms with Gasteiger partial charge in [-0.25, -0.2) is 0 Å². The standard InChI is InChI=1S/C25H29NO5S/c1-3-31-22(27)14-26-23(28)21(32-24(26)29)10-18-9-19(4-5-20(18)30-2)25-11-15-6-16(12-25)8-17(7-15)13-25/h4-5,9-10,15-17H,3,6-8,11-14H2,1-2H3/b21-10+. The van der Waals surface area contributed by atoms with E-state index >= 15 is 0 Å². The van der Waals surface area contributed by atoms with Crippen LogP contribution < -0.4 is 4.74 Å². The number of esters is 1. The normalized spacial score (nSPS) is 32.1. The van der Waals surface area contributed by atoms with Gasteiger partial charge in [-0.15, -0.1) is 0 Å². The molecule has 6 nitrogen and oxygen atoms in total. The van der Waals surface area contributed by atoms with Gasteiger partial charge in [0.15, 0.2) is 0 Å². The second-order valence-electron chi connectivity index (χ2n) is 9.73. The largest absolute Gasteiger partial charge is 0.496 e. The molecule has 4 saturated carbocycles. The smallest absolute Gasteiger partial charge is 0.326 e. The second kappa shape index (κ2) is 8.25. The highest BCUT2D eigenvalue weighted by molar-refractivity contribution is 8.18. The average Bonchev–Trinajstić information content (AvgIpc) is 3.00. The molecule has 2 amide bonds. The van der Waals surface area contributed by atoms with Crippen LogP contribution in [0.2, 0.25) is 0 Å². The molecule has 0 N–H and O–H groups in total. The van der Waals surface area contributed by atoms with E-state index in [0.717, 1.165) is 40.0 Å². The minimum absolute atomic E-state index is 0.208. The Bertz CT molecular complexity index is 965. The Balaban J connectivity index is 1.44. The predicted octanol–water partition coefficient (Wildman–Crippen LogP) is 4.76. The number of carbonyl (C=O) groups is 3. The lowest BCUT2D eigenvalue weighted by Crippen LogP contribution is -2.48. The van der Waals surface area contributed by atoms with Crippen molar-refractivity contribution in [2.75, 3.05) is 20.3 Å². The van der Waals surface area contributed by atoms with Gasteiger partial charge in [-0.1, -0.05) is 6.07 Å². The molecule has 1 aromatic rings. The summed E-state index contributed by atoms with van der Waals surface area (Å²) in [7, 11) is 1.61. The summed E-state index contributed by atoms with van der Waals surface area (Å²) >= 11 is 0.856. The molecule has 1 aromatic carbocycles. The molecule has 4 bridgehead atoms. The summed E-state index contributed by atoms with van der Waals surface area (Å²) in [6, 6.07) is 6.34. The maximum absolute atomic E-state index is 12.8. The Morgan fingerprint density at radius 2 is 1.81 bits per heavy atom. The van der Waals surface area contributed by atoms with Gasteiger partial charge in [0.2, 0.25) is 0 Å². The quantitative estimate of drug-likeness (QED) is 0.455. The Labute approximate surface area is 192 Å². The van der Waals surface area contributed by atoms with Crippen molar-refractivity contribution in [3.8, 4) is 5.75 Å². The Morgan fingerprint density at radius 1 is 1.16 bits per heavy atom. The number of imide groups is 1. The first-order chi connectivity index (χ1) is 15.4. The van der Waals surface area contributed by atoms with Crippen molar-refractivity contribution < 1.29 is 23.9 Å². The average molecular weight is 456 g/mol. The van der Waals surface area contributed by atoms with Crippen LogP contribution in [0.1, 0.15) is 56.6 Å². The molecule has 5 fully saturated rings.